The Hall–Kier alpha value is -1.75. The van der Waals surface area contributed by atoms with Crippen LogP contribution in [0.3, 0.4) is 0 Å². The lowest BCUT2D eigenvalue weighted by Crippen LogP contribution is -2.54. The van der Waals surface area contributed by atoms with Gasteiger partial charge in [-0.3, -0.25) is 4.79 Å². The number of rotatable bonds is 8. The van der Waals surface area contributed by atoms with Gasteiger partial charge in [-0.15, -0.1) is 0 Å². The normalized spacial score (nSPS) is 17.1. The molecule has 1 aliphatic rings. The number of carbonyl (C=O) groups is 1. The van der Waals surface area contributed by atoms with E-state index in [4.69, 9.17) is 10.5 Å². The molecule has 1 aliphatic carbocycles. The van der Waals surface area contributed by atoms with Gasteiger partial charge in [0, 0.05) is 38.3 Å². The Morgan fingerprint density at radius 1 is 1.48 bits per heavy atom. The van der Waals surface area contributed by atoms with Gasteiger partial charge in [0.1, 0.15) is 5.75 Å². The highest BCUT2D eigenvalue weighted by Gasteiger charge is 2.36. The van der Waals surface area contributed by atoms with Crippen molar-refractivity contribution in [2.45, 2.75) is 37.8 Å². The van der Waals surface area contributed by atoms with E-state index in [1.807, 2.05) is 50.2 Å². The highest BCUT2D eigenvalue weighted by atomic mass is 16.5. The fourth-order valence-electron chi connectivity index (χ4n) is 2.17. The van der Waals surface area contributed by atoms with Crippen LogP contribution in [0.5, 0.6) is 5.75 Å². The predicted octanol–water partition coefficient (Wildman–Crippen LogP) is 1.52. The van der Waals surface area contributed by atoms with E-state index in [1.54, 1.807) is 0 Å². The Kier molecular flexibility index (Phi) is 4.73. The quantitative estimate of drug-likeness (QED) is 0.762. The average molecular weight is 291 g/mol. The first-order chi connectivity index (χ1) is 9.90. The molecule has 5 heteroatoms. The van der Waals surface area contributed by atoms with Gasteiger partial charge < -0.3 is 20.7 Å². The van der Waals surface area contributed by atoms with Crippen molar-refractivity contribution >= 4 is 11.6 Å². The number of benzene rings is 1. The Balaban J connectivity index is 1.89. The van der Waals surface area contributed by atoms with Crippen LogP contribution < -0.4 is 20.7 Å². The van der Waals surface area contributed by atoms with Gasteiger partial charge in [0.05, 0.1) is 12.1 Å². The lowest BCUT2D eigenvalue weighted by atomic mass is 9.97. The largest absolute Gasteiger partial charge is 0.493 e. The minimum atomic E-state index is -0.694. The first-order valence-corrected chi connectivity index (χ1v) is 7.38. The Morgan fingerprint density at radius 3 is 2.76 bits per heavy atom. The summed E-state index contributed by atoms with van der Waals surface area (Å²) in [6.45, 7) is 2.31. The highest BCUT2D eigenvalue weighted by molar-refractivity contribution is 5.84. The first kappa shape index (κ1) is 15.6. The van der Waals surface area contributed by atoms with Crippen molar-refractivity contribution in [1.82, 2.24) is 5.32 Å². The van der Waals surface area contributed by atoms with E-state index >= 15 is 0 Å². The summed E-state index contributed by atoms with van der Waals surface area (Å²) in [5.74, 6) is 0.486. The Labute approximate surface area is 126 Å². The van der Waals surface area contributed by atoms with E-state index in [1.165, 1.54) is 0 Å². The molecule has 0 radical (unpaired) electrons. The zero-order valence-electron chi connectivity index (χ0n) is 13.1. The topological polar surface area (TPSA) is 67.6 Å². The number of hydrogen-bond acceptors (Lipinski definition) is 4. The smallest absolute Gasteiger partial charge is 0.237 e. The van der Waals surface area contributed by atoms with Crippen molar-refractivity contribution in [2.24, 2.45) is 5.73 Å². The molecule has 21 heavy (non-hydrogen) atoms. The van der Waals surface area contributed by atoms with Gasteiger partial charge in [-0.2, -0.15) is 0 Å². The third-order valence-corrected chi connectivity index (χ3v) is 3.85. The molecule has 3 N–H and O–H groups in total. The average Bonchev–Trinajstić information content (AvgIpc) is 3.22. The van der Waals surface area contributed by atoms with Crippen LogP contribution in [0.2, 0.25) is 0 Å². The second-order valence-corrected chi connectivity index (χ2v) is 6.11. The predicted molar refractivity (Wildman–Crippen MR) is 84.6 cm³/mol. The molecule has 1 unspecified atom stereocenters. The van der Waals surface area contributed by atoms with Crippen LogP contribution in [0.4, 0.5) is 5.69 Å². The molecule has 0 heterocycles. The third kappa shape index (κ3) is 4.36. The van der Waals surface area contributed by atoms with E-state index in [-0.39, 0.29) is 5.91 Å². The molecule has 1 fully saturated rings. The van der Waals surface area contributed by atoms with Gasteiger partial charge in [0.25, 0.3) is 0 Å². The SMILES string of the molecule is CN(C)c1cccc(OCCC(C)(NC2CC2)C(N)=O)c1. The summed E-state index contributed by atoms with van der Waals surface area (Å²) in [6, 6.07) is 8.31. The number of hydrogen-bond donors (Lipinski definition) is 2. The van der Waals surface area contributed by atoms with Crippen LogP contribution in [0.15, 0.2) is 24.3 Å². The maximum absolute atomic E-state index is 11.7. The summed E-state index contributed by atoms with van der Waals surface area (Å²) >= 11 is 0. The summed E-state index contributed by atoms with van der Waals surface area (Å²) in [7, 11) is 3.98. The van der Waals surface area contributed by atoms with Gasteiger partial charge >= 0.3 is 0 Å². The Morgan fingerprint density at radius 2 is 2.19 bits per heavy atom. The van der Waals surface area contributed by atoms with E-state index in [0.717, 1.165) is 24.3 Å². The van der Waals surface area contributed by atoms with E-state index < -0.39 is 5.54 Å². The van der Waals surface area contributed by atoms with Crippen molar-refractivity contribution in [3.05, 3.63) is 24.3 Å². The molecule has 5 nitrogen and oxygen atoms in total. The molecule has 0 bridgehead atoms. The summed E-state index contributed by atoms with van der Waals surface area (Å²) in [5.41, 5.74) is 5.92. The molecule has 116 valence electrons. The summed E-state index contributed by atoms with van der Waals surface area (Å²) < 4.78 is 5.77. The van der Waals surface area contributed by atoms with Gasteiger partial charge in [-0.1, -0.05) is 6.07 Å². The van der Waals surface area contributed by atoms with Crippen LogP contribution in [0, 0.1) is 0 Å². The summed E-state index contributed by atoms with van der Waals surface area (Å²) in [5, 5.41) is 3.32. The maximum atomic E-state index is 11.7. The lowest BCUT2D eigenvalue weighted by Gasteiger charge is -2.27. The van der Waals surface area contributed by atoms with Gasteiger partial charge in [0.2, 0.25) is 5.91 Å². The molecule has 0 aliphatic heterocycles. The van der Waals surface area contributed by atoms with Gasteiger partial charge in [-0.25, -0.2) is 0 Å². The van der Waals surface area contributed by atoms with E-state index in [2.05, 4.69) is 5.32 Å². The molecule has 1 saturated carbocycles. The molecular formula is C16H25N3O2. The lowest BCUT2D eigenvalue weighted by molar-refractivity contribution is -0.124. The fraction of sp³-hybridized carbons (Fsp3) is 0.562. The second-order valence-electron chi connectivity index (χ2n) is 6.11. The Bertz CT molecular complexity index is 500. The van der Waals surface area contributed by atoms with Crippen molar-refractivity contribution in [3.8, 4) is 5.75 Å². The number of nitrogens with two attached hydrogens (primary N) is 1. The van der Waals surface area contributed by atoms with Crippen LogP contribution >= 0.6 is 0 Å². The molecule has 0 aromatic heterocycles. The molecule has 0 saturated heterocycles. The number of ether oxygens (including phenoxy) is 1. The first-order valence-electron chi connectivity index (χ1n) is 7.38. The number of nitrogens with zero attached hydrogens (tertiary/aromatic N) is 1. The molecule has 0 spiro atoms. The van der Waals surface area contributed by atoms with E-state index in [0.29, 0.717) is 19.1 Å². The van der Waals surface area contributed by atoms with Crippen molar-refractivity contribution in [1.29, 1.82) is 0 Å². The number of carbonyl (C=O) groups excluding carboxylic acids is 1. The van der Waals surface area contributed by atoms with E-state index in [9.17, 15) is 4.79 Å². The molecule has 2 rings (SSSR count). The number of anilines is 1. The summed E-state index contributed by atoms with van der Waals surface area (Å²) in [6.07, 6.45) is 2.80. The highest BCUT2D eigenvalue weighted by Crippen LogP contribution is 2.25. The van der Waals surface area contributed by atoms with Crippen LogP contribution in [0.25, 0.3) is 0 Å². The van der Waals surface area contributed by atoms with Crippen molar-refractivity contribution < 1.29 is 9.53 Å². The number of nitrogens with one attached hydrogen (secondary N) is 1. The van der Waals surface area contributed by atoms with Gasteiger partial charge in [-0.05, 0) is 31.9 Å². The zero-order valence-corrected chi connectivity index (χ0v) is 13.1. The third-order valence-electron chi connectivity index (χ3n) is 3.85. The van der Waals surface area contributed by atoms with Crippen LogP contribution in [0.1, 0.15) is 26.2 Å². The molecule has 1 atom stereocenters. The van der Waals surface area contributed by atoms with Crippen LogP contribution in [-0.2, 0) is 4.79 Å². The maximum Gasteiger partial charge on any atom is 0.237 e. The second kappa shape index (κ2) is 6.35. The minimum Gasteiger partial charge on any atom is -0.493 e. The minimum absolute atomic E-state index is 0.319. The van der Waals surface area contributed by atoms with Crippen molar-refractivity contribution in [2.75, 3.05) is 25.6 Å². The molecule has 1 amide bonds. The molecular weight excluding hydrogens is 266 g/mol. The standard InChI is InChI=1S/C16H25N3O2/c1-16(15(17)20,18-12-7-8-12)9-10-21-14-6-4-5-13(11-14)19(2)3/h4-6,11-12,18H,7-10H2,1-3H3,(H2,17,20). The van der Waals surface area contributed by atoms with Gasteiger partial charge in [0.15, 0.2) is 0 Å². The zero-order chi connectivity index (χ0) is 15.5. The monoisotopic (exact) mass is 291 g/mol. The van der Waals surface area contributed by atoms with Crippen molar-refractivity contribution in [3.63, 3.8) is 0 Å². The molecule has 1 aromatic carbocycles. The van der Waals surface area contributed by atoms with Crippen LogP contribution in [-0.4, -0.2) is 38.2 Å². The fourth-order valence-corrected chi connectivity index (χ4v) is 2.17. The number of amides is 1. The molecule has 1 aromatic rings. The number of primary amides is 1. The summed E-state index contributed by atoms with van der Waals surface area (Å²) in [4.78, 5) is 13.7.